The van der Waals surface area contributed by atoms with Crippen LogP contribution in [0.2, 0.25) is 0 Å². The highest BCUT2D eigenvalue weighted by atomic mass is 32.2. The van der Waals surface area contributed by atoms with Crippen molar-refractivity contribution in [2.45, 2.75) is 17.0 Å². The summed E-state index contributed by atoms with van der Waals surface area (Å²) >= 11 is 4.28. The third-order valence-electron chi connectivity index (χ3n) is 4.84. The number of nitrogens with one attached hydrogen (secondary N) is 1. The molecule has 0 saturated carbocycles. The molecule has 3 heterocycles. The number of aromatic nitrogens is 4. The van der Waals surface area contributed by atoms with Gasteiger partial charge in [-0.25, -0.2) is 4.68 Å². The lowest BCUT2D eigenvalue weighted by Crippen LogP contribution is -2.09. The number of rotatable bonds is 6. The van der Waals surface area contributed by atoms with Crippen LogP contribution in [0.5, 0.6) is 0 Å². The van der Waals surface area contributed by atoms with Crippen molar-refractivity contribution in [3.05, 3.63) is 82.4 Å². The summed E-state index contributed by atoms with van der Waals surface area (Å²) in [5.41, 5.74) is 3.56. The van der Waals surface area contributed by atoms with Crippen molar-refractivity contribution in [1.82, 2.24) is 20.0 Å². The maximum absolute atomic E-state index is 12.9. The minimum Gasteiger partial charge on any atom is -0.296 e. The number of hydrogen-bond donors (Lipinski definition) is 1. The number of para-hydroxylation sites is 1. The van der Waals surface area contributed by atoms with Crippen LogP contribution >= 0.6 is 34.4 Å². The molecule has 0 bridgehead atoms. The van der Waals surface area contributed by atoms with E-state index in [1.807, 2.05) is 60.1 Å². The smallest absolute Gasteiger partial charge is 0.267 e. The van der Waals surface area contributed by atoms with Crippen LogP contribution in [-0.4, -0.2) is 25.9 Å². The molecule has 0 aliphatic rings. The topological polar surface area (TPSA) is 96.5 Å². The van der Waals surface area contributed by atoms with Crippen LogP contribution in [0.3, 0.4) is 0 Å². The summed E-state index contributed by atoms with van der Waals surface area (Å²) in [6.45, 7) is 1.94. The standard InChI is InChI=1S/C23H16N6OS3/c1-14-18-11-19(32-21(18)29(28-14)17-5-3-2-4-6-17)20(30)25-22-26-27-23(33-22)31-13-16-9-7-15(12-24)8-10-16/h2-11H,13H2,1H3,(H,25,26,30). The van der Waals surface area contributed by atoms with Crippen molar-refractivity contribution >= 4 is 55.7 Å². The van der Waals surface area contributed by atoms with E-state index in [0.717, 1.165) is 31.5 Å². The average molecular weight is 489 g/mol. The number of aryl methyl sites for hydroxylation is 1. The summed E-state index contributed by atoms with van der Waals surface area (Å²) in [5, 5.41) is 26.1. The fourth-order valence-electron chi connectivity index (χ4n) is 3.20. The van der Waals surface area contributed by atoms with Gasteiger partial charge in [0.05, 0.1) is 27.9 Å². The molecule has 10 heteroatoms. The number of benzene rings is 2. The Bertz CT molecular complexity index is 1480. The van der Waals surface area contributed by atoms with E-state index in [2.05, 4.69) is 26.7 Å². The van der Waals surface area contributed by atoms with E-state index in [-0.39, 0.29) is 5.91 Å². The molecule has 1 amide bonds. The molecular formula is C23H16N6OS3. The van der Waals surface area contributed by atoms with E-state index in [4.69, 9.17) is 5.26 Å². The van der Waals surface area contributed by atoms with Crippen molar-refractivity contribution in [1.29, 1.82) is 5.26 Å². The minimum absolute atomic E-state index is 0.213. The Labute approximate surface area is 201 Å². The molecule has 1 N–H and O–H groups in total. The third-order valence-corrected chi connectivity index (χ3v) is 7.99. The zero-order valence-corrected chi connectivity index (χ0v) is 19.8. The molecule has 0 fully saturated rings. The fraction of sp³-hybridized carbons (Fsp3) is 0.0870. The average Bonchev–Trinajstić information content (AvgIpc) is 3.55. The van der Waals surface area contributed by atoms with E-state index in [1.54, 1.807) is 12.1 Å². The van der Waals surface area contributed by atoms with Crippen LogP contribution in [0.25, 0.3) is 15.9 Å². The lowest BCUT2D eigenvalue weighted by atomic mass is 10.2. The zero-order chi connectivity index (χ0) is 22.8. The molecule has 162 valence electrons. The first-order chi connectivity index (χ1) is 16.1. The molecule has 5 aromatic rings. The predicted octanol–water partition coefficient (Wildman–Crippen LogP) is 5.66. The van der Waals surface area contributed by atoms with Gasteiger partial charge in [-0.3, -0.25) is 10.1 Å². The van der Waals surface area contributed by atoms with Crippen molar-refractivity contribution in [2.75, 3.05) is 5.32 Å². The highest BCUT2D eigenvalue weighted by molar-refractivity contribution is 8.00. The van der Waals surface area contributed by atoms with Crippen LogP contribution in [0.1, 0.15) is 26.5 Å². The van der Waals surface area contributed by atoms with E-state index < -0.39 is 0 Å². The summed E-state index contributed by atoms with van der Waals surface area (Å²) in [5.74, 6) is 0.495. The first-order valence-corrected chi connectivity index (χ1v) is 12.5. The molecule has 0 aliphatic heterocycles. The number of fused-ring (bicyclic) bond motifs is 1. The van der Waals surface area contributed by atoms with E-state index in [0.29, 0.717) is 21.3 Å². The Kier molecular flexibility index (Phi) is 5.92. The lowest BCUT2D eigenvalue weighted by molar-refractivity contribution is 0.103. The molecule has 3 aromatic heterocycles. The SMILES string of the molecule is Cc1nn(-c2ccccc2)c2sc(C(=O)Nc3nnc(SCc4ccc(C#N)cc4)s3)cc12. The summed E-state index contributed by atoms with van der Waals surface area (Å²) in [6, 6.07) is 21.3. The number of nitriles is 1. The Morgan fingerprint density at radius 1 is 1.12 bits per heavy atom. The Balaban J connectivity index is 1.28. The minimum atomic E-state index is -0.213. The van der Waals surface area contributed by atoms with Gasteiger partial charge in [0.2, 0.25) is 5.13 Å². The van der Waals surface area contributed by atoms with Gasteiger partial charge in [-0.2, -0.15) is 10.4 Å². The number of nitrogens with zero attached hydrogens (tertiary/aromatic N) is 5. The molecule has 0 unspecified atom stereocenters. The van der Waals surface area contributed by atoms with Gasteiger partial charge in [0.1, 0.15) is 4.83 Å². The molecule has 33 heavy (non-hydrogen) atoms. The van der Waals surface area contributed by atoms with E-state index in [1.165, 1.54) is 34.4 Å². The molecule has 0 spiro atoms. The van der Waals surface area contributed by atoms with Crippen molar-refractivity contribution < 1.29 is 4.79 Å². The molecule has 0 radical (unpaired) electrons. The summed E-state index contributed by atoms with van der Waals surface area (Å²) in [6.07, 6.45) is 0. The van der Waals surface area contributed by atoms with Crippen LogP contribution in [0, 0.1) is 18.3 Å². The maximum Gasteiger partial charge on any atom is 0.267 e. The largest absolute Gasteiger partial charge is 0.296 e. The second kappa shape index (κ2) is 9.15. The molecule has 0 aliphatic carbocycles. The zero-order valence-electron chi connectivity index (χ0n) is 17.3. The summed E-state index contributed by atoms with van der Waals surface area (Å²) < 4.78 is 2.64. The molecular weight excluding hydrogens is 472 g/mol. The highest BCUT2D eigenvalue weighted by Gasteiger charge is 2.18. The van der Waals surface area contributed by atoms with Gasteiger partial charge in [0.15, 0.2) is 4.34 Å². The van der Waals surface area contributed by atoms with Gasteiger partial charge in [-0.1, -0.05) is 53.4 Å². The quantitative estimate of drug-likeness (QED) is 0.245. The van der Waals surface area contributed by atoms with Crippen LogP contribution in [-0.2, 0) is 5.75 Å². The number of thioether (sulfide) groups is 1. The van der Waals surface area contributed by atoms with Crippen molar-refractivity contribution in [2.24, 2.45) is 0 Å². The van der Waals surface area contributed by atoms with Crippen molar-refractivity contribution in [3.63, 3.8) is 0 Å². The van der Waals surface area contributed by atoms with Gasteiger partial charge < -0.3 is 0 Å². The fourth-order valence-corrected chi connectivity index (χ4v) is 5.98. The second-order valence-electron chi connectivity index (χ2n) is 7.09. The van der Waals surface area contributed by atoms with Gasteiger partial charge in [-0.15, -0.1) is 21.5 Å². The van der Waals surface area contributed by atoms with Gasteiger partial charge >= 0.3 is 0 Å². The molecule has 2 aromatic carbocycles. The van der Waals surface area contributed by atoms with E-state index in [9.17, 15) is 4.79 Å². The molecule has 0 saturated heterocycles. The molecule has 5 rings (SSSR count). The second-order valence-corrected chi connectivity index (χ2v) is 10.3. The first-order valence-electron chi connectivity index (χ1n) is 9.92. The predicted molar refractivity (Wildman–Crippen MR) is 132 cm³/mol. The number of carbonyl (C=O) groups is 1. The number of hydrogen-bond acceptors (Lipinski definition) is 8. The van der Waals surface area contributed by atoms with Gasteiger partial charge in [0, 0.05) is 11.1 Å². The van der Waals surface area contributed by atoms with Crippen LogP contribution in [0.4, 0.5) is 5.13 Å². The summed E-state index contributed by atoms with van der Waals surface area (Å²) in [7, 11) is 0. The van der Waals surface area contributed by atoms with Crippen molar-refractivity contribution in [3.8, 4) is 11.8 Å². The van der Waals surface area contributed by atoms with Gasteiger partial charge in [0.25, 0.3) is 5.91 Å². The number of anilines is 1. The molecule has 7 nitrogen and oxygen atoms in total. The highest BCUT2D eigenvalue weighted by Crippen LogP contribution is 2.32. The Morgan fingerprint density at radius 2 is 1.91 bits per heavy atom. The molecule has 0 atom stereocenters. The third kappa shape index (κ3) is 4.52. The Morgan fingerprint density at radius 3 is 2.67 bits per heavy atom. The van der Waals surface area contributed by atoms with Crippen LogP contribution in [0.15, 0.2) is 65.0 Å². The summed E-state index contributed by atoms with van der Waals surface area (Å²) in [4.78, 5) is 14.4. The number of carbonyl (C=O) groups excluding carboxylic acids is 1. The normalized spacial score (nSPS) is 10.9. The monoisotopic (exact) mass is 488 g/mol. The van der Waals surface area contributed by atoms with Crippen LogP contribution < -0.4 is 5.32 Å². The van der Waals surface area contributed by atoms with Gasteiger partial charge in [-0.05, 0) is 42.8 Å². The maximum atomic E-state index is 12.9. The van der Waals surface area contributed by atoms with E-state index >= 15 is 0 Å². The lowest BCUT2D eigenvalue weighted by Gasteiger charge is -2.01. The Hall–Kier alpha value is -3.52. The number of amides is 1. The number of thiophene rings is 1. The first kappa shape index (κ1) is 21.3.